The van der Waals surface area contributed by atoms with E-state index in [4.69, 9.17) is 0 Å². The van der Waals surface area contributed by atoms with Crippen LogP contribution in [0.25, 0.3) is 0 Å². The molecular formula is C16H15FN2O2. The van der Waals surface area contributed by atoms with Gasteiger partial charge in [-0.1, -0.05) is 17.7 Å². The van der Waals surface area contributed by atoms with E-state index >= 15 is 0 Å². The van der Waals surface area contributed by atoms with Gasteiger partial charge in [0, 0.05) is 0 Å². The van der Waals surface area contributed by atoms with Crippen LogP contribution in [0, 0.1) is 11.3 Å². The van der Waals surface area contributed by atoms with Gasteiger partial charge in [-0.05, 0) is 31.9 Å². The van der Waals surface area contributed by atoms with Crippen LogP contribution in [0.3, 0.4) is 0 Å². The molecule has 5 heteroatoms. The summed E-state index contributed by atoms with van der Waals surface area (Å²) in [6.07, 6.45) is 0.408. The van der Waals surface area contributed by atoms with Crippen LogP contribution < -0.4 is 0 Å². The molecule has 0 spiro atoms. The molecular weight excluding hydrogens is 271 g/mol. The Balaban J connectivity index is 2.44. The number of benzene rings is 1. The smallest absolute Gasteiger partial charge is 0.263 e. The maximum absolute atomic E-state index is 13.6. The first-order chi connectivity index (χ1) is 9.96. The molecule has 108 valence electrons. The lowest BCUT2D eigenvalue weighted by molar-refractivity contribution is 0.0451. The van der Waals surface area contributed by atoms with E-state index in [2.05, 4.69) is 6.58 Å². The van der Waals surface area contributed by atoms with Crippen LogP contribution in [0.5, 0.6) is 0 Å². The molecule has 0 saturated heterocycles. The zero-order valence-electron chi connectivity index (χ0n) is 11.7. The Kier molecular flexibility index (Phi) is 3.90. The second-order valence-electron chi connectivity index (χ2n) is 5.23. The predicted molar refractivity (Wildman–Crippen MR) is 75.3 cm³/mol. The Morgan fingerprint density at radius 2 is 1.86 bits per heavy atom. The molecule has 0 saturated carbocycles. The number of alkyl halides is 1. The molecule has 21 heavy (non-hydrogen) atoms. The molecule has 0 radical (unpaired) electrons. The maximum Gasteiger partial charge on any atom is 0.263 e. The second kappa shape index (κ2) is 5.49. The number of halogens is 1. The van der Waals surface area contributed by atoms with Crippen molar-refractivity contribution in [3.8, 4) is 6.07 Å². The molecule has 0 aromatic heterocycles. The van der Waals surface area contributed by atoms with Gasteiger partial charge in [-0.3, -0.25) is 14.5 Å². The quantitative estimate of drug-likeness (QED) is 0.617. The van der Waals surface area contributed by atoms with Crippen LogP contribution in [0.2, 0.25) is 0 Å². The Morgan fingerprint density at radius 1 is 1.33 bits per heavy atom. The van der Waals surface area contributed by atoms with Crippen LogP contribution >= 0.6 is 0 Å². The first-order valence-electron chi connectivity index (χ1n) is 6.56. The van der Waals surface area contributed by atoms with E-state index in [0.29, 0.717) is 6.42 Å². The first kappa shape index (κ1) is 14.9. The topological polar surface area (TPSA) is 61.2 Å². The number of rotatable bonds is 5. The van der Waals surface area contributed by atoms with Crippen molar-refractivity contribution in [1.29, 1.82) is 5.26 Å². The fraction of sp³-hybridized carbons (Fsp3) is 0.312. The molecule has 0 N–H and O–H groups in total. The van der Waals surface area contributed by atoms with Crippen LogP contribution in [0.1, 0.15) is 40.5 Å². The van der Waals surface area contributed by atoms with E-state index < -0.39 is 24.0 Å². The fourth-order valence-electron chi connectivity index (χ4n) is 2.37. The van der Waals surface area contributed by atoms with E-state index in [9.17, 15) is 19.2 Å². The minimum atomic E-state index is -1.77. The van der Waals surface area contributed by atoms with Crippen molar-refractivity contribution >= 4 is 11.8 Å². The Labute approximate surface area is 122 Å². The fourth-order valence-corrected chi connectivity index (χ4v) is 2.37. The molecule has 1 aliphatic rings. The van der Waals surface area contributed by atoms with Crippen LogP contribution in [-0.4, -0.2) is 28.9 Å². The number of nitriles is 1. The summed E-state index contributed by atoms with van der Waals surface area (Å²) in [5, 5.41) is 9.40. The summed E-state index contributed by atoms with van der Waals surface area (Å²) in [6.45, 7) is 4.37. The number of fused-ring (bicyclic) bond motifs is 1. The third kappa shape index (κ3) is 2.33. The van der Waals surface area contributed by atoms with Gasteiger partial charge in [-0.2, -0.15) is 5.26 Å². The number of carbonyl (C=O) groups excluding carboxylic acids is 2. The van der Waals surface area contributed by atoms with Crippen molar-refractivity contribution in [1.82, 2.24) is 4.90 Å². The van der Waals surface area contributed by atoms with Crippen molar-refractivity contribution in [2.45, 2.75) is 25.3 Å². The van der Waals surface area contributed by atoms with Crippen molar-refractivity contribution < 1.29 is 14.0 Å². The van der Waals surface area contributed by atoms with Crippen LogP contribution in [-0.2, 0) is 0 Å². The van der Waals surface area contributed by atoms with Crippen LogP contribution in [0.4, 0.5) is 4.39 Å². The molecule has 1 aromatic carbocycles. The summed E-state index contributed by atoms with van der Waals surface area (Å²) < 4.78 is 13.6. The number of hydrogen-bond donors (Lipinski definition) is 0. The van der Waals surface area contributed by atoms with Gasteiger partial charge < -0.3 is 0 Å². The summed E-state index contributed by atoms with van der Waals surface area (Å²) >= 11 is 0. The highest BCUT2D eigenvalue weighted by atomic mass is 19.1. The molecule has 2 amide bonds. The van der Waals surface area contributed by atoms with E-state index in [1.165, 1.54) is 12.1 Å². The zero-order chi connectivity index (χ0) is 15.6. The van der Waals surface area contributed by atoms with Gasteiger partial charge in [0.15, 0.2) is 5.54 Å². The molecule has 1 aromatic rings. The van der Waals surface area contributed by atoms with Gasteiger partial charge in [0.1, 0.15) is 6.67 Å². The van der Waals surface area contributed by atoms with E-state index in [1.807, 2.05) is 6.07 Å². The summed E-state index contributed by atoms with van der Waals surface area (Å²) in [5.41, 5.74) is -0.581. The molecule has 0 aliphatic carbocycles. The summed E-state index contributed by atoms with van der Waals surface area (Å²) in [6, 6.07) is 8.10. The number of hydrogen-bond acceptors (Lipinski definition) is 3. The van der Waals surface area contributed by atoms with Gasteiger partial charge in [-0.15, -0.1) is 6.58 Å². The first-order valence-corrected chi connectivity index (χ1v) is 6.56. The average Bonchev–Trinajstić information content (AvgIpc) is 2.74. The minimum absolute atomic E-state index is 0.0425. The average molecular weight is 286 g/mol. The minimum Gasteiger partial charge on any atom is -0.269 e. The van der Waals surface area contributed by atoms with E-state index in [0.717, 1.165) is 10.5 Å². The van der Waals surface area contributed by atoms with Gasteiger partial charge in [-0.25, -0.2) is 4.39 Å². The maximum atomic E-state index is 13.6. The van der Waals surface area contributed by atoms with Crippen molar-refractivity contribution in [3.05, 3.63) is 47.5 Å². The summed E-state index contributed by atoms with van der Waals surface area (Å²) in [4.78, 5) is 25.5. The zero-order valence-corrected chi connectivity index (χ0v) is 11.7. The standard InChI is InChI=1S/C16H15FN2O2/c1-11(2)7-8-16(9-17,10-18)19-14(20)12-5-3-4-6-13(12)15(19)21/h3-6H,1,7-9H2,2H3. The molecule has 1 heterocycles. The van der Waals surface area contributed by atoms with E-state index in [1.54, 1.807) is 19.1 Å². The second-order valence-corrected chi connectivity index (χ2v) is 5.23. The molecule has 4 nitrogen and oxygen atoms in total. The van der Waals surface area contributed by atoms with Crippen molar-refractivity contribution in [2.24, 2.45) is 0 Å². The number of amides is 2. The molecule has 1 aliphatic heterocycles. The SMILES string of the molecule is C=C(C)CCC(C#N)(CF)N1C(=O)c2ccccc2C1=O. The highest BCUT2D eigenvalue weighted by Gasteiger charge is 2.49. The van der Waals surface area contributed by atoms with Crippen molar-refractivity contribution in [2.75, 3.05) is 6.67 Å². The lowest BCUT2D eigenvalue weighted by atomic mass is 9.92. The van der Waals surface area contributed by atoms with Gasteiger partial charge in [0.25, 0.3) is 11.8 Å². The predicted octanol–water partition coefficient (Wildman–Crippen LogP) is 2.87. The third-order valence-electron chi connectivity index (χ3n) is 3.62. The van der Waals surface area contributed by atoms with Gasteiger partial charge >= 0.3 is 0 Å². The summed E-state index contributed by atoms with van der Waals surface area (Å²) in [7, 11) is 0. The Bertz CT molecular complexity index is 627. The normalized spacial score (nSPS) is 16.3. The highest BCUT2D eigenvalue weighted by Crippen LogP contribution is 2.33. The Morgan fingerprint density at radius 3 is 2.24 bits per heavy atom. The number of nitrogens with zero attached hydrogens (tertiary/aromatic N) is 2. The van der Waals surface area contributed by atoms with E-state index in [-0.39, 0.29) is 17.5 Å². The third-order valence-corrected chi connectivity index (χ3v) is 3.62. The number of allylic oxidation sites excluding steroid dienone is 1. The molecule has 2 rings (SSSR count). The molecule has 0 fully saturated rings. The monoisotopic (exact) mass is 286 g/mol. The van der Waals surface area contributed by atoms with Gasteiger partial charge in [0.2, 0.25) is 0 Å². The molecule has 1 atom stereocenters. The summed E-state index contributed by atoms with van der Waals surface area (Å²) in [5.74, 6) is -1.23. The highest BCUT2D eigenvalue weighted by molar-refractivity contribution is 6.22. The number of carbonyl (C=O) groups is 2. The van der Waals surface area contributed by atoms with Crippen LogP contribution in [0.15, 0.2) is 36.4 Å². The van der Waals surface area contributed by atoms with Gasteiger partial charge in [0.05, 0.1) is 17.2 Å². The molecule has 1 unspecified atom stereocenters. The van der Waals surface area contributed by atoms with Crippen molar-refractivity contribution in [3.63, 3.8) is 0 Å². The Hall–Kier alpha value is -2.48. The lowest BCUT2D eigenvalue weighted by Crippen LogP contribution is -2.52. The largest absolute Gasteiger partial charge is 0.269 e. The number of imide groups is 1. The lowest BCUT2D eigenvalue weighted by Gasteiger charge is -2.32. The molecule has 0 bridgehead atoms.